The lowest BCUT2D eigenvalue weighted by Crippen LogP contribution is -2.29. The van der Waals surface area contributed by atoms with Gasteiger partial charge in [0, 0.05) is 12.8 Å². The third-order valence-corrected chi connectivity index (χ3v) is 4.90. The second kappa shape index (κ2) is 10.5. The van der Waals surface area contributed by atoms with Crippen molar-refractivity contribution in [1.29, 1.82) is 0 Å². The number of hydrogen-bond donors (Lipinski definition) is 0. The van der Waals surface area contributed by atoms with E-state index in [2.05, 4.69) is 53.1 Å². The van der Waals surface area contributed by atoms with Crippen LogP contribution in [0.4, 0.5) is 0 Å². The van der Waals surface area contributed by atoms with Crippen LogP contribution in [0.2, 0.25) is 39.3 Å². The Hall–Kier alpha value is -0.226. The van der Waals surface area contributed by atoms with Crippen LogP contribution < -0.4 is 0 Å². The summed E-state index contributed by atoms with van der Waals surface area (Å²) in [4.78, 5) is 0. The minimum absolute atomic E-state index is 1.05. The van der Waals surface area contributed by atoms with Crippen LogP contribution in [0.25, 0.3) is 0 Å². The summed E-state index contributed by atoms with van der Waals surface area (Å²) in [6.45, 7) is 18.1. The van der Waals surface area contributed by atoms with E-state index in [4.69, 9.17) is 8.85 Å². The van der Waals surface area contributed by atoms with Crippen LogP contribution in [0.3, 0.4) is 0 Å². The van der Waals surface area contributed by atoms with Gasteiger partial charge in [-0.15, -0.1) is 0 Å². The predicted octanol–water partition coefficient (Wildman–Crippen LogP) is 7.06. The van der Waals surface area contributed by atoms with Crippen LogP contribution in [0.15, 0.2) is 11.5 Å². The monoisotopic (exact) mass is 344 g/mol. The van der Waals surface area contributed by atoms with Crippen molar-refractivity contribution >= 4 is 16.6 Å². The predicted molar refractivity (Wildman–Crippen MR) is 104 cm³/mol. The van der Waals surface area contributed by atoms with E-state index in [-0.39, 0.29) is 0 Å². The molecule has 22 heavy (non-hydrogen) atoms. The van der Waals surface area contributed by atoms with Crippen molar-refractivity contribution in [3.8, 4) is 0 Å². The van der Waals surface area contributed by atoms with Gasteiger partial charge < -0.3 is 8.85 Å². The summed E-state index contributed by atoms with van der Waals surface area (Å²) < 4.78 is 12.9. The number of unbranched alkanes of at least 4 members (excludes halogenated alkanes) is 4. The summed E-state index contributed by atoms with van der Waals surface area (Å²) in [5.74, 6) is 2.34. The standard InChI is InChI=1S/C18H40O2Si2/c1-9-11-13-15-17(19-21(3,4)5)18(16-14-12-10-2)20-22(6,7)8/h9-16H2,1-8H3/b18-17+. The van der Waals surface area contributed by atoms with Gasteiger partial charge in [-0.1, -0.05) is 39.5 Å². The molecule has 0 saturated heterocycles. The van der Waals surface area contributed by atoms with Crippen LogP contribution in [0, 0.1) is 0 Å². The number of allylic oxidation sites excluding steroid dienone is 2. The number of rotatable bonds is 12. The molecule has 0 radical (unpaired) electrons. The Morgan fingerprint density at radius 2 is 0.909 bits per heavy atom. The summed E-state index contributed by atoms with van der Waals surface area (Å²) in [7, 11) is -3.18. The van der Waals surface area contributed by atoms with Crippen LogP contribution in [0.1, 0.15) is 65.2 Å². The molecule has 2 nitrogen and oxygen atoms in total. The highest BCUT2D eigenvalue weighted by molar-refractivity contribution is 6.70. The first-order chi connectivity index (χ1) is 10.1. The van der Waals surface area contributed by atoms with E-state index in [0.29, 0.717) is 0 Å². The van der Waals surface area contributed by atoms with Crippen LogP contribution in [-0.4, -0.2) is 16.6 Å². The highest BCUT2D eigenvalue weighted by Crippen LogP contribution is 2.27. The highest BCUT2D eigenvalue weighted by Gasteiger charge is 2.24. The molecule has 0 aromatic heterocycles. The van der Waals surface area contributed by atoms with Crippen molar-refractivity contribution in [1.82, 2.24) is 0 Å². The average Bonchev–Trinajstić information content (AvgIpc) is 2.34. The summed E-state index contributed by atoms with van der Waals surface area (Å²) in [5.41, 5.74) is 0. The summed E-state index contributed by atoms with van der Waals surface area (Å²) >= 11 is 0. The Kier molecular flexibility index (Phi) is 10.4. The largest absolute Gasteiger partial charge is 0.545 e. The lowest BCUT2D eigenvalue weighted by atomic mass is 10.1. The van der Waals surface area contributed by atoms with E-state index >= 15 is 0 Å². The summed E-state index contributed by atoms with van der Waals surface area (Å²) in [6, 6.07) is 0. The molecule has 0 aromatic carbocycles. The highest BCUT2D eigenvalue weighted by atomic mass is 28.4. The molecule has 0 rings (SSSR count). The van der Waals surface area contributed by atoms with Gasteiger partial charge in [-0.3, -0.25) is 0 Å². The number of hydrogen-bond acceptors (Lipinski definition) is 2. The minimum Gasteiger partial charge on any atom is -0.545 e. The van der Waals surface area contributed by atoms with Crippen molar-refractivity contribution in [2.45, 2.75) is 104 Å². The summed E-state index contributed by atoms with van der Waals surface area (Å²) in [6.07, 6.45) is 9.56. The quantitative estimate of drug-likeness (QED) is 0.214. The maximum atomic E-state index is 6.44. The van der Waals surface area contributed by atoms with Gasteiger partial charge in [0.05, 0.1) is 0 Å². The van der Waals surface area contributed by atoms with Gasteiger partial charge in [-0.05, 0) is 52.1 Å². The molecule has 0 saturated carbocycles. The molecule has 0 aromatic rings. The maximum Gasteiger partial charge on any atom is 0.241 e. The fraction of sp³-hybridized carbons (Fsp3) is 0.889. The van der Waals surface area contributed by atoms with Gasteiger partial charge >= 0.3 is 0 Å². The molecule has 0 amide bonds. The smallest absolute Gasteiger partial charge is 0.241 e. The fourth-order valence-corrected chi connectivity index (χ4v) is 4.22. The lowest BCUT2D eigenvalue weighted by Gasteiger charge is -2.29. The van der Waals surface area contributed by atoms with Crippen molar-refractivity contribution in [3.05, 3.63) is 11.5 Å². The minimum atomic E-state index is -1.59. The molecule has 0 N–H and O–H groups in total. The molecule has 4 heteroatoms. The fourth-order valence-electron chi connectivity index (χ4n) is 2.31. The van der Waals surface area contributed by atoms with E-state index < -0.39 is 16.6 Å². The SMILES string of the molecule is CCCCC/C(O[Si](C)(C)C)=C(/CCCCC)O[Si](C)(C)C. The molecule has 0 unspecified atom stereocenters. The molecule has 0 heterocycles. The first-order valence-corrected chi connectivity index (χ1v) is 16.0. The topological polar surface area (TPSA) is 18.5 Å². The van der Waals surface area contributed by atoms with E-state index in [1.54, 1.807) is 0 Å². The molecule has 0 fully saturated rings. The molecular formula is C18H40O2Si2. The second-order valence-electron chi connectivity index (χ2n) is 8.19. The molecular weight excluding hydrogens is 304 g/mol. The van der Waals surface area contributed by atoms with Crippen LogP contribution in [-0.2, 0) is 8.85 Å². The first-order valence-electron chi connectivity index (χ1n) is 9.19. The summed E-state index contributed by atoms with van der Waals surface area (Å²) in [5, 5.41) is 0. The maximum absolute atomic E-state index is 6.44. The Morgan fingerprint density at radius 1 is 0.591 bits per heavy atom. The van der Waals surface area contributed by atoms with Gasteiger partial charge in [0.25, 0.3) is 0 Å². The van der Waals surface area contributed by atoms with Crippen molar-refractivity contribution in [2.24, 2.45) is 0 Å². The molecule has 0 aliphatic carbocycles. The Morgan fingerprint density at radius 3 is 1.14 bits per heavy atom. The molecule has 0 atom stereocenters. The van der Waals surface area contributed by atoms with Gasteiger partial charge in [0.2, 0.25) is 16.6 Å². The third-order valence-electron chi connectivity index (χ3n) is 3.18. The van der Waals surface area contributed by atoms with Gasteiger partial charge in [-0.25, -0.2) is 0 Å². The zero-order valence-corrected chi connectivity index (χ0v) is 18.5. The van der Waals surface area contributed by atoms with Gasteiger partial charge in [-0.2, -0.15) is 0 Å². The third kappa shape index (κ3) is 12.3. The Labute approximate surface area is 141 Å². The van der Waals surface area contributed by atoms with Crippen LogP contribution >= 0.6 is 0 Å². The van der Waals surface area contributed by atoms with Crippen molar-refractivity contribution in [2.75, 3.05) is 0 Å². The zero-order chi connectivity index (χ0) is 17.2. The van der Waals surface area contributed by atoms with E-state index in [0.717, 1.165) is 12.8 Å². The average molecular weight is 345 g/mol. The molecule has 132 valence electrons. The molecule has 0 aliphatic rings. The normalized spacial score (nSPS) is 13.8. The van der Waals surface area contributed by atoms with Crippen molar-refractivity contribution < 1.29 is 8.85 Å². The van der Waals surface area contributed by atoms with E-state index in [9.17, 15) is 0 Å². The van der Waals surface area contributed by atoms with Gasteiger partial charge in [0.15, 0.2) is 0 Å². The van der Waals surface area contributed by atoms with Crippen molar-refractivity contribution in [3.63, 3.8) is 0 Å². The first kappa shape index (κ1) is 21.8. The van der Waals surface area contributed by atoms with E-state index in [1.165, 1.54) is 50.0 Å². The second-order valence-corrected chi connectivity index (χ2v) is 17.0. The molecule has 0 spiro atoms. The Bertz CT molecular complexity index is 293. The molecule has 0 bridgehead atoms. The van der Waals surface area contributed by atoms with E-state index in [1.807, 2.05) is 0 Å². The van der Waals surface area contributed by atoms with Gasteiger partial charge in [0.1, 0.15) is 11.5 Å². The lowest BCUT2D eigenvalue weighted by molar-refractivity contribution is 0.309. The molecule has 0 aliphatic heterocycles. The zero-order valence-electron chi connectivity index (χ0n) is 16.5. The van der Waals surface area contributed by atoms with Crippen LogP contribution in [0.5, 0.6) is 0 Å². The Balaban J connectivity index is 5.20.